The summed E-state index contributed by atoms with van der Waals surface area (Å²) < 4.78 is 29.8. The third-order valence-corrected chi connectivity index (χ3v) is 3.73. The van der Waals surface area contributed by atoms with Crippen LogP contribution in [0.3, 0.4) is 0 Å². The molecule has 9 nitrogen and oxygen atoms in total. The summed E-state index contributed by atoms with van der Waals surface area (Å²) in [5.41, 5.74) is 5.35. The molecule has 0 rings (SSSR count). The lowest BCUT2D eigenvalue weighted by molar-refractivity contribution is -0.137. The number of nitrogens with zero attached hydrogens (tertiary/aromatic N) is 1. The summed E-state index contributed by atoms with van der Waals surface area (Å²) in [4.78, 5) is 23.8. The molecule has 0 fully saturated rings. The van der Waals surface area contributed by atoms with Crippen molar-refractivity contribution in [1.29, 1.82) is 0 Å². The quantitative estimate of drug-likeness (QED) is 0.258. The number of carbonyl (C=O) groups excluding carboxylic acids is 1. The Labute approximate surface area is 130 Å². The number of carboxylic acids is 1. The second-order valence-corrected chi connectivity index (χ2v) is 6.65. The van der Waals surface area contributed by atoms with Gasteiger partial charge in [-0.25, -0.2) is 0 Å². The highest BCUT2D eigenvalue weighted by molar-refractivity contribution is 7.85. The molecule has 22 heavy (non-hydrogen) atoms. The second-order valence-electron chi connectivity index (χ2n) is 5.15. The number of nitrogens with two attached hydrogens (primary N) is 1. The normalized spacial score (nSPS) is 13.1. The first kappa shape index (κ1) is 20.8. The summed E-state index contributed by atoms with van der Waals surface area (Å²) in [7, 11) is -2.41. The minimum absolute atomic E-state index is 0.172. The molecule has 0 saturated heterocycles. The standard InChI is InChI=1S/C12H25N3O6S/c1-15(7-4-2-3-5-11(16)17)8-6-14-12(18)10(13)9-22(19,20)21/h10H,2-9,13H2,1H3,(H,14,18)(H,16,17)(H,19,20,21). The molecule has 0 aliphatic heterocycles. The number of likely N-dealkylation sites (N-methyl/N-ethyl adjacent to an activating group) is 1. The Morgan fingerprint density at radius 2 is 1.86 bits per heavy atom. The molecule has 0 heterocycles. The van der Waals surface area contributed by atoms with Crippen LogP contribution in [-0.4, -0.2) is 73.3 Å². The fourth-order valence-corrected chi connectivity index (χ4v) is 2.36. The van der Waals surface area contributed by atoms with Crippen molar-refractivity contribution in [1.82, 2.24) is 10.2 Å². The Balaban J connectivity index is 3.72. The van der Waals surface area contributed by atoms with Crippen molar-refractivity contribution < 1.29 is 27.7 Å². The lowest BCUT2D eigenvalue weighted by atomic mass is 10.2. The lowest BCUT2D eigenvalue weighted by Crippen LogP contribution is -2.46. The first-order chi connectivity index (χ1) is 10.1. The van der Waals surface area contributed by atoms with Crippen molar-refractivity contribution in [3.63, 3.8) is 0 Å². The van der Waals surface area contributed by atoms with Gasteiger partial charge in [0.2, 0.25) is 5.91 Å². The van der Waals surface area contributed by atoms with Crippen molar-refractivity contribution in [2.45, 2.75) is 31.7 Å². The number of nitrogens with one attached hydrogen (secondary N) is 1. The molecule has 0 spiro atoms. The SMILES string of the molecule is CN(CCCCCC(=O)O)CCNC(=O)C(N)CS(=O)(=O)O. The highest BCUT2D eigenvalue weighted by Crippen LogP contribution is 2.00. The third kappa shape index (κ3) is 12.5. The largest absolute Gasteiger partial charge is 0.481 e. The summed E-state index contributed by atoms with van der Waals surface area (Å²) >= 11 is 0. The maximum Gasteiger partial charge on any atom is 0.303 e. The molecule has 5 N–H and O–H groups in total. The van der Waals surface area contributed by atoms with E-state index in [-0.39, 0.29) is 6.42 Å². The fraction of sp³-hybridized carbons (Fsp3) is 0.833. The number of amides is 1. The summed E-state index contributed by atoms with van der Waals surface area (Å²) in [5.74, 6) is -2.23. The van der Waals surface area contributed by atoms with Gasteiger partial charge in [0.15, 0.2) is 0 Å². The maximum atomic E-state index is 11.5. The minimum Gasteiger partial charge on any atom is -0.481 e. The molecule has 10 heteroatoms. The van der Waals surface area contributed by atoms with E-state index in [1.54, 1.807) is 0 Å². The molecule has 0 radical (unpaired) electrons. The summed E-state index contributed by atoms with van der Waals surface area (Å²) in [5, 5.41) is 11.0. The van der Waals surface area contributed by atoms with Crippen LogP contribution in [-0.2, 0) is 19.7 Å². The van der Waals surface area contributed by atoms with Crippen LogP contribution in [0.5, 0.6) is 0 Å². The average Bonchev–Trinajstić information content (AvgIpc) is 2.35. The molecule has 0 aromatic carbocycles. The molecule has 0 aliphatic rings. The first-order valence-electron chi connectivity index (χ1n) is 7.00. The van der Waals surface area contributed by atoms with Crippen LogP contribution in [0.4, 0.5) is 0 Å². The highest BCUT2D eigenvalue weighted by atomic mass is 32.2. The Bertz CT molecular complexity index is 454. The molecule has 0 bridgehead atoms. The van der Waals surface area contributed by atoms with Gasteiger partial charge in [0, 0.05) is 19.5 Å². The zero-order valence-corrected chi connectivity index (χ0v) is 13.5. The Morgan fingerprint density at radius 3 is 2.41 bits per heavy atom. The van der Waals surface area contributed by atoms with Gasteiger partial charge in [-0.05, 0) is 26.4 Å². The van der Waals surface area contributed by atoms with Crippen molar-refractivity contribution in [2.75, 3.05) is 32.4 Å². The molecule has 1 atom stereocenters. The topological polar surface area (TPSA) is 150 Å². The molecule has 0 saturated carbocycles. The fourth-order valence-electron chi connectivity index (χ4n) is 1.75. The third-order valence-electron chi connectivity index (χ3n) is 2.95. The van der Waals surface area contributed by atoms with Crippen LogP contribution >= 0.6 is 0 Å². The molecule has 0 aromatic heterocycles. The molecular formula is C12H25N3O6S. The number of rotatable bonds is 12. The van der Waals surface area contributed by atoms with E-state index in [1.165, 1.54) is 0 Å². The molecule has 130 valence electrons. The highest BCUT2D eigenvalue weighted by Gasteiger charge is 2.19. The molecular weight excluding hydrogens is 314 g/mol. The van der Waals surface area contributed by atoms with E-state index in [4.69, 9.17) is 15.4 Å². The predicted octanol–water partition coefficient (Wildman–Crippen LogP) is -1.11. The van der Waals surface area contributed by atoms with Crippen LogP contribution in [0.25, 0.3) is 0 Å². The monoisotopic (exact) mass is 339 g/mol. The smallest absolute Gasteiger partial charge is 0.303 e. The van der Waals surface area contributed by atoms with E-state index < -0.39 is 33.8 Å². The van der Waals surface area contributed by atoms with Crippen LogP contribution < -0.4 is 11.1 Å². The van der Waals surface area contributed by atoms with Crippen LogP contribution in [0.15, 0.2) is 0 Å². The predicted molar refractivity (Wildman–Crippen MR) is 81.0 cm³/mol. The molecule has 0 aliphatic carbocycles. The van der Waals surface area contributed by atoms with Gasteiger partial charge in [0.05, 0.1) is 5.75 Å². The van der Waals surface area contributed by atoms with Crippen molar-refractivity contribution in [2.24, 2.45) is 5.73 Å². The van der Waals surface area contributed by atoms with E-state index >= 15 is 0 Å². The van der Waals surface area contributed by atoms with Crippen LogP contribution in [0.1, 0.15) is 25.7 Å². The molecule has 0 aromatic rings. The van der Waals surface area contributed by atoms with Gasteiger partial charge < -0.3 is 21.1 Å². The summed E-state index contributed by atoms with van der Waals surface area (Å²) in [6.45, 7) is 1.64. The Hall–Kier alpha value is -1.23. The molecule has 1 unspecified atom stereocenters. The summed E-state index contributed by atoms with van der Waals surface area (Å²) in [6, 6.07) is -1.30. The van der Waals surface area contributed by atoms with E-state index in [2.05, 4.69) is 5.32 Å². The van der Waals surface area contributed by atoms with Crippen molar-refractivity contribution in [3.05, 3.63) is 0 Å². The zero-order valence-electron chi connectivity index (χ0n) is 12.7. The number of carbonyl (C=O) groups is 2. The van der Waals surface area contributed by atoms with E-state index in [1.807, 2.05) is 11.9 Å². The number of aliphatic carboxylic acids is 1. The van der Waals surface area contributed by atoms with Gasteiger partial charge in [0.1, 0.15) is 6.04 Å². The van der Waals surface area contributed by atoms with Crippen LogP contribution in [0, 0.1) is 0 Å². The van der Waals surface area contributed by atoms with E-state index in [0.717, 1.165) is 19.4 Å². The second kappa shape index (κ2) is 10.5. The van der Waals surface area contributed by atoms with Gasteiger partial charge in [-0.3, -0.25) is 14.1 Å². The van der Waals surface area contributed by atoms with Gasteiger partial charge in [-0.2, -0.15) is 8.42 Å². The molecule has 1 amide bonds. The Morgan fingerprint density at radius 1 is 1.23 bits per heavy atom. The minimum atomic E-state index is -4.27. The Kier molecular flexibility index (Phi) is 9.90. The van der Waals surface area contributed by atoms with E-state index in [0.29, 0.717) is 19.5 Å². The van der Waals surface area contributed by atoms with E-state index in [9.17, 15) is 18.0 Å². The van der Waals surface area contributed by atoms with Crippen LogP contribution in [0.2, 0.25) is 0 Å². The van der Waals surface area contributed by atoms with Gasteiger partial charge >= 0.3 is 5.97 Å². The number of unbranched alkanes of at least 4 members (excludes halogenated alkanes) is 2. The lowest BCUT2D eigenvalue weighted by Gasteiger charge is -2.17. The zero-order chi connectivity index (χ0) is 17.2. The van der Waals surface area contributed by atoms with Crippen molar-refractivity contribution >= 4 is 22.0 Å². The number of hydrogen-bond donors (Lipinski definition) is 4. The van der Waals surface area contributed by atoms with Gasteiger partial charge in [-0.15, -0.1) is 0 Å². The first-order valence-corrected chi connectivity index (χ1v) is 8.61. The van der Waals surface area contributed by atoms with Crippen molar-refractivity contribution in [3.8, 4) is 0 Å². The average molecular weight is 339 g/mol. The van der Waals surface area contributed by atoms with Gasteiger partial charge in [-0.1, -0.05) is 6.42 Å². The number of carboxylic acid groups (broad SMARTS) is 1. The maximum absolute atomic E-state index is 11.5. The summed E-state index contributed by atoms with van der Waals surface area (Å²) in [6.07, 6.45) is 2.50. The number of hydrogen-bond acceptors (Lipinski definition) is 6. The van der Waals surface area contributed by atoms with Gasteiger partial charge in [0.25, 0.3) is 10.1 Å².